The number of ketones is 1. The number of hydrogen-bond donors (Lipinski definition) is 2. The zero-order valence-electron chi connectivity index (χ0n) is 30.7. The van der Waals surface area contributed by atoms with E-state index in [1.54, 1.807) is 28.4 Å². The van der Waals surface area contributed by atoms with Crippen molar-refractivity contribution >= 4 is 63.7 Å². The second-order valence-electron chi connectivity index (χ2n) is 14.4. The molecule has 55 heavy (non-hydrogen) atoms. The summed E-state index contributed by atoms with van der Waals surface area (Å²) in [5.74, 6) is 0.230. The van der Waals surface area contributed by atoms with Gasteiger partial charge in [-0.2, -0.15) is 0 Å². The number of carbonyl (C=O) groups excluding carboxylic acids is 5. The number of hydrogen-bond acceptors (Lipinski definition) is 11. The zero-order chi connectivity index (χ0) is 38.5. The van der Waals surface area contributed by atoms with Crippen LogP contribution in [0.1, 0.15) is 74.4 Å². The zero-order valence-corrected chi connectivity index (χ0v) is 32.3. The van der Waals surface area contributed by atoms with E-state index in [0.29, 0.717) is 48.3 Å². The molecule has 0 saturated carbocycles. The molecule has 4 amide bonds. The van der Waals surface area contributed by atoms with E-state index in [4.69, 9.17) is 16.6 Å². The Balaban J connectivity index is 0.894. The summed E-state index contributed by atoms with van der Waals surface area (Å²) in [5, 5.41) is 16.1. The standard InChI is InChI=1S/C39H40ClN9O5S/c1-21-22(2)55-39-34(21)35(24-7-9-25(40)10-8-24)42-30(36-45-44-23(3)49(36)39)17-26(50)19-46-13-15-47(16-14-46)33(52)18-41-29-6-4-5-27-28(29)20-48(38(27)54)31-11-12-32(51)43-37(31)53/h4-10,30-31,41H,11-20H2,1-3H3,(H,43,51,53)/t30-,31?/m0/s1. The number of aromatic nitrogens is 3. The van der Waals surface area contributed by atoms with Crippen LogP contribution in [0.15, 0.2) is 47.5 Å². The molecule has 16 heteroatoms. The van der Waals surface area contributed by atoms with E-state index >= 15 is 0 Å². The molecule has 2 aromatic heterocycles. The third-order valence-electron chi connectivity index (χ3n) is 10.9. The van der Waals surface area contributed by atoms with E-state index in [-0.39, 0.29) is 62.4 Å². The first kappa shape index (κ1) is 36.7. The van der Waals surface area contributed by atoms with Crippen molar-refractivity contribution in [3.05, 3.63) is 91.8 Å². The van der Waals surface area contributed by atoms with Crippen LogP contribution < -0.4 is 10.6 Å². The number of piperidine rings is 1. The van der Waals surface area contributed by atoms with Crippen LogP contribution in [0.3, 0.4) is 0 Å². The summed E-state index contributed by atoms with van der Waals surface area (Å²) in [6.45, 7) is 8.60. The van der Waals surface area contributed by atoms with Gasteiger partial charge in [-0.3, -0.25) is 43.7 Å². The van der Waals surface area contributed by atoms with Crippen molar-refractivity contribution in [1.29, 1.82) is 0 Å². The fraction of sp³-hybridized carbons (Fsp3) is 0.385. The quantitative estimate of drug-likeness (QED) is 0.241. The molecule has 1 unspecified atom stereocenters. The Kier molecular flexibility index (Phi) is 9.86. The number of halogens is 1. The fourth-order valence-corrected chi connectivity index (χ4v) is 9.19. The Morgan fingerprint density at radius 1 is 1.00 bits per heavy atom. The number of nitrogens with one attached hydrogen (secondary N) is 2. The maximum atomic E-state index is 13.7. The van der Waals surface area contributed by atoms with Crippen LogP contribution in [0.5, 0.6) is 0 Å². The molecular formula is C39H40ClN9O5S. The number of aryl methyl sites for hydroxylation is 2. The Morgan fingerprint density at radius 2 is 1.76 bits per heavy atom. The molecule has 4 aliphatic heterocycles. The first-order valence-corrected chi connectivity index (χ1v) is 19.5. The van der Waals surface area contributed by atoms with E-state index < -0.39 is 18.0 Å². The highest BCUT2D eigenvalue weighted by molar-refractivity contribution is 7.15. The van der Waals surface area contributed by atoms with Crippen LogP contribution in [0.4, 0.5) is 5.69 Å². The van der Waals surface area contributed by atoms with Gasteiger partial charge in [-0.1, -0.05) is 29.8 Å². The summed E-state index contributed by atoms with van der Waals surface area (Å²) in [5.41, 5.74) is 5.71. The van der Waals surface area contributed by atoms with Gasteiger partial charge in [0.25, 0.3) is 5.91 Å². The number of piperazine rings is 1. The Bertz CT molecular complexity index is 2270. The van der Waals surface area contributed by atoms with Gasteiger partial charge in [0, 0.05) is 83.4 Å². The minimum Gasteiger partial charge on any atom is -0.376 e. The van der Waals surface area contributed by atoms with Crippen LogP contribution in [-0.2, 0) is 25.7 Å². The van der Waals surface area contributed by atoms with Crippen molar-refractivity contribution in [3.63, 3.8) is 0 Å². The predicted molar refractivity (Wildman–Crippen MR) is 207 cm³/mol. The number of fused-ring (bicyclic) bond motifs is 4. The molecule has 0 bridgehead atoms. The van der Waals surface area contributed by atoms with Crippen LogP contribution in [-0.4, -0.2) is 110 Å². The molecule has 0 spiro atoms. The van der Waals surface area contributed by atoms with Crippen molar-refractivity contribution in [3.8, 4) is 5.00 Å². The van der Waals surface area contributed by atoms with Crippen LogP contribution in [0.2, 0.25) is 5.02 Å². The summed E-state index contributed by atoms with van der Waals surface area (Å²) in [4.78, 5) is 76.1. The summed E-state index contributed by atoms with van der Waals surface area (Å²) >= 11 is 7.91. The lowest BCUT2D eigenvalue weighted by Gasteiger charge is -2.34. The maximum absolute atomic E-state index is 13.7. The van der Waals surface area contributed by atoms with Gasteiger partial charge < -0.3 is 15.1 Å². The summed E-state index contributed by atoms with van der Waals surface area (Å²) in [6.07, 6.45) is 0.607. The number of imide groups is 1. The third-order valence-corrected chi connectivity index (χ3v) is 12.4. The number of aliphatic imine (C=N–C) groups is 1. The Hall–Kier alpha value is -5.25. The highest BCUT2D eigenvalue weighted by Crippen LogP contribution is 2.40. The van der Waals surface area contributed by atoms with Gasteiger partial charge >= 0.3 is 0 Å². The molecule has 6 heterocycles. The number of thiophene rings is 1. The Labute approximate surface area is 326 Å². The first-order chi connectivity index (χ1) is 26.5. The second-order valence-corrected chi connectivity index (χ2v) is 16.0. The van der Waals surface area contributed by atoms with E-state index in [1.165, 1.54) is 9.78 Å². The molecule has 14 nitrogen and oxygen atoms in total. The number of rotatable bonds is 9. The summed E-state index contributed by atoms with van der Waals surface area (Å²) in [6, 6.07) is 11.6. The summed E-state index contributed by atoms with van der Waals surface area (Å²) in [7, 11) is 0. The number of benzene rings is 2. The molecule has 8 rings (SSSR count). The monoisotopic (exact) mass is 781 g/mol. The summed E-state index contributed by atoms with van der Waals surface area (Å²) < 4.78 is 2.04. The maximum Gasteiger partial charge on any atom is 0.255 e. The molecule has 4 aromatic rings. The van der Waals surface area contributed by atoms with Crippen LogP contribution in [0, 0.1) is 20.8 Å². The smallest absolute Gasteiger partial charge is 0.255 e. The first-order valence-electron chi connectivity index (χ1n) is 18.4. The van der Waals surface area contributed by atoms with E-state index in [2.05, 4.69) is 39.6 Å². The molecule has 2 aromatic carbocycles. The molecule has 0 radical (unpaired) electrons. The molecule has 2 fully saturated rings. The van der Waals surface area contributed by atoms with Gasteiger partial charge in [0.05, 0.1) is 18.8 Å². The van der Waals surface area contributed by atoms with Crippen molar-refractivity contribution in [1.82, 2.24) is 34.8 Å². The fourth-order valence-electron chi connectivity index (χ4n) is 7.85. The lowest BCUT2D eigenvalue weighted by molar-refractivity contribution is -0.137. The number of carbonyl (C=O) groups is 5. The third kappa shape index (κ3) is 6.96. The van der Waals surface area contributed by atoms with Crippen molar-refractivity contribution in [2.24, 2.45) is 4.99 Å². The number of Topliss-reactive ketones (excluding diaryl/α,β-unsaturated/α-hetero) is 1. The SMILES string of the molecule is Cc1sc2c(c1C)C(c1ccc(Cl)cc1)=N[C@@H](CC(=O)CN1CCN(C(=O)CNc3cccc4c3CN(C3CCC(=O)NC3=O)C4=O)CC1)c1nnc(C)n1-2. The predicted octanol–water partition coefficient (Wildman–Crippen LogP) is 3.78. The average molecular weight is 782 g/mol. The molecule has 0 aliphatic carbocycles. The molecule has 2 saturated heterocycles. The molecular weight excluding hydrogens is 742 g/mol. The topological polar surface area (TPSA) is 162 Å². The number of anilines is 1. The molecule has 2 N–H and O–H groups in total. The van der Waals surface area contributed by atoms with Crippen molar-refractivity contribution < 1.29 is 24.0 Å². The van der Waals surface area contributed by atoms with Gasteiger partial charge in [0.15, 0.2) is 5.82 Å². The van der Waals surface area contributed by atoms with Crippen LogP contribution in [0.25, 0.3) is 5.00 Å². The van der Waals surface area contributed by atoms with Crippen LogP contribution >= 0.6 is 22.9 Å². The van der Waals surface area contributed by atoms with Gasteiger partial charge in [-0.25, -0.2) is 0 Å². The second kappa shape index (κ2) is 14.8. The Morgan fingerprint density at radius 3 is 2.51 bits per heavy atom. The van der Waals surface area contributed by atoms with E-state index in [9.17, 15) is 24.0 Å². The highest BCUT2D eigenvalue weighted by atomic mass is 35.5. The number of nitrogens with zero attached hydrogens (tertiary/aromatic N) is 7. The number of amides is 4. The highest BCUT2D eigenvalue weighted by Gasteiger charge is 2.40. The average Bonchev–Trinajstić information content (AvgIpc) is 3.78. The molecule has 4 aliphatic rings. The van der Waals surface area contributed by atoms with Crippen molar-refractivity contribution in [2.45, 2.75) is 58.7 Å². The van der Waals surface area contributed by atoms with Crippen molar-refractivity contribution in [2.75, 3.05) is 44.6 Å². The minimum atomic E-state index is -0.714. The lowest BCUT2D eigenvalue weighted by atomic mass is 9.99. The van der Waals surface area contributed by atoms with Gasteiger partial charge in [-0.15, -0.1) is 21.5 Å². The normalized spacial score (nSPS) is 19.7. The minimum absolute atomic E-state index is 0.0230. The lowest BCUT2D eigenvalue weighted by Crippen LogP contribution is -2.52. The van der Waals surface area contributed by atoms with Gasteiger partial charge in [0.2, 0.25) is 17.7 Å². The largest absolute Gasteiger partial charge is 0.376 e. The van der Waals surface area contributed by atoms with Gasteiger partial charge in [0.1, 0.15) is 28.7 Å². The van der Waals surface area contributed by atoms with E-state index in [1.807, 2.05) is 41.8 Å². The van der Waals surface area contributed by atoms with Gasteiger partial charge in [-0.05, 0) is 57.0 Å². The van der Waals surface area contributed by atoms with E-state index in [0.717, 1.165) is 38.8 Å². The molecule has 2 atom stereocenters. The molecule has 284 valence electrons.